The van der Waals surface area contributed by atoms with Gasteiger partial charge in [0, 0.05) is 29.7 Å². The Hall–Kier alpha value is -1.99. The first-order valence-electron chi connectivity index (χ1n) is 9.09. The van der Waals surface area contributed by atoms with Crippen molar-refractivity contribution >= 4 is 33.4 Å². The number of nitrogens with zero attached hydrogens (tertiary/aromatic N) is 1. The first kappa shape index (κ1) is 22.3. The van der Waals surface area contributed by atoms with Crippen LogP contribution < -0.4 is 9.62 Å². The number of carbonyl (C=O) groups is 1. The zero-order valence-electron chi connectivity index (χ0n) is 17.0. The van der Waals surface area contributed by atoms with Gasteiger partial charge in [0.05, 0.1) is 10.6 Å². The number of benzene rings is 2. The number of aryl methyl sites for hydroxylation is 1. The molecule has 2 aromatic rings. The van der Waals surface area contributed by atoms with Crippen LogP contribution in [0.25, 0.3) is 0 Å². The van der Waals surface area contributed by atoms with Crippen molar-refractivity contribution in [3.8, 4) is 0 Å². The molecule has 152 valence electrons. The van der Waals surface area contributed by atoms with Gasteiger partial charge in [-0.05, 0) is 42.8 Å². The van der Waals surface area contributed by atoms with Crippen LogP contribution >= 0.6 is 11.8 Å². The molecule has 0 fully saturated rings. The van der Waals surface area contributed by atoms with E-state index in [-0.39, 0.29) is 15.5 Å². The summed E-state index contributed by atoms with van der Waals surface area (Å²) < 4.78 is 27.0. The summed E-state index contributed by atoms with van der Waals surface area (Å²) in [6, 6.07) is 13.4. The third-order valence-corrected chi connectivity index (χ3v) is 7.18. The molecular weight excluding hydrogens is 392 g/mol. The zero-order valence-corrected chi connectivity index (χ0v) is 18.7. The van der Waals surface area contributed by atoms with Gasteiger partial charge in [0.15, 0.2) is 0 Å². The fourth-order valence-electron chi connectivity index (χ4n) is 2.65. The topological polar surface area (TPSA) is 66.5 Å². The first-order chi connectivity index (χ1) is 13.0. The fourth-order valence-corrected chi connectivity index (χ4v) is 4.75. The summed E-state index contributed by atoms with van der Waals surface area (Å²) in [4.78, 5) is 12.6. The van der Waals surface area contributed by atoms with E-state index >= 15 is 0 Å². The quantitative estimate of drug-likeness (QED) is 0.686. The van der Waals surface area contributed by atoms with Gasteiger partial charge in [-0.25, -0.2) is 8.42 Å². The summed E-state index contributed by atoms with van der Waals surface area (Å²) in [5.41, 5.74) is 1.79. The van der Waals surface area contributed by atoms with Gasteiger partial charge in [-0.3, -0.25) is 9.10 Å². The first-order valence-corrected chi connectivity index (χ1v) is 11.5. The SMILES string of the molecule is Cc1cc(C(=O)NCCSC(C)(C)C)ccc1N(C)S(=O)(=O)c1ccccc1. The fraction of sp³-hybridized carbons (Fsp3) is 0.381. The molecule has 1 amide bonds. The highest BCUT2D eigenvalue weighted by atomic mass is 32.2. The van der Waals surface area contributed by atoms with Crippen molar-refractivity contribution in [1.82, 2.24) is 5.32 Å². The number of anilines is 1. The summed E-state index contributed by atoms with van der Waals surface area (Å²) in [5.74, 6) is 0.683. The highest BCUT2D eigenvalue weighted by Gasteiger charge is 2.22. The average Bonchev–Trinajstić information content (AvgIpc) is 2.64. The lowest BCUT2D eigenvalue weighted by atomic mass is 10.1. The van der Waals surface area contributed by atoms with Crippen molar-refractivity contribution in [1.29, 1.82) is 0 Å². The Kier molecular flexibility index (Phi) is 7.17. The maximum absolute atomic E-state index is 12.8. The maximum atomic E-state index is 12.8. The predicted molar refractivity (Wildman–Crippen MR) is 118 cm³/mol. The predicted octanol–water partition coefficient (Wildman–Crippen LogP) is 4.08. The molecule has 0 radical (unpaired) electrons. The molecular formula is C21H28N2O3S2. The second kappa shape index (κ2) is 9.01. The summed E-state index contributed by atoms with van der Waals surface area (Å²) >= 11 is 1.79. The number of thioether (sulfide) groups is 1. The van der Waals surface area contributed by atoms with Gasteiger partial charge < -0.3 is 5.32 Å². The molecule has 0 aliphatic rings. The van der Waals surface area contributed by atoms with Gasteiger partial charge in [0.25, 0.3) is 15.9 Å². The molecule has 0 saturated carbocycles. The van der Waals surface area contributed by atoms with Crippen LogP contribution in [-0.2, 0) is 10.0 Å². The number of nitrogens with one attached hydrogen (secondary N) is 1. The molecule has 0 saturated heterocycles. The van der Waals surface area contributed by atoms with Gasteiger partial charge in [-0.1, -0.05) is 39.0 Å². The largest absolute Gasteiger partial charge is 0.351 e. The summed E-state index contributed by atoms with van der Waals surface area (Å²) in [5, 5.41) is 2.91. The molecule has 0 bridgehead atoms. The molecule has 2 rings (SSSR count). The number of carbonyl (C=O) groups excluding carboxylic acids is 1. The Morgan fingerprint density at radius 1 is 1.11 bits per heavy atom. The Bertz CT molecular complexity index is 920. The zero-order chi connectivity index (χ0) is 20.9. The van der Waals surface area contributed by atoms with Crippen molar-refractivity contribution in [3.63, 3.8) is 0 Å². The van der Waals surface area contributed by atoms with Crippen molar-refractivity contribution in [3.05, 3.63) is 59.7 Å². The Balaban J connectivity index is 2.10. The van der Waals surface area contributed by atoms with E-state index < -0.39 is 10.0 Å². The molecule has 0 aliphatic carbocycles. The minimum atomic E-state index is -3.65. The van der Waals surface area contributed by atoms with E-state index in [0.29, 0.717) is 17.8 Å². The van der Waals surface area contributed by atoms with Crippen LogP contribution in [0.1, 0.15) is 36.7 Å². The monoisotopic (exact) mass is 420 g/mol. The highest BCUT2D eigenvalue weighted by molar-refractivity contribution is 8.00. The lowest BCUT2D eigenvalue weighted by Gasteiger charge is -2.22. The van der Waals surface area contributed by atoms with Crippen molar-refractivity contribution < 1.29 is 13.2 Å². The highest BCUT2D eigenvalue weighted by Crippen LogP contribution is 2.26. The molecule has 0 heterocycles. The smallest absolute Gasteiger partial charge is 0.264 e. The molecule has 5 nitrogen and oxygen atoms in total. The van der Waals surface area contributed by atoms with E-state index in [2.05, 4.69) is 26.1 Å². The Morgan fingerprint density at radius 2 is 1.75 bits per heavy atom. The minimum absolute atomic E-state index is 0.155. The minimum Gasteiger partial charge on any atom is -0.351 e. The van der Waals surface area contributed by atoms with Gasteiger partial charge in [0.1, 0.15) is 0 Å². The van der Waals surface area contributed by atoms with Gasteiger partial charge in [-0.2, -0.15) is 11.8 Å². The second-order valence-corrected chi connectivity index (χ2v) is 11.4. The third kappa shape index (κ3) is 5.75. The Labute approximate surface area is 172 Å². The van der Waals surface area contributed by atoms with E-state index in [1.807, 2.05) is 0 Å². The van der Waals surface area contributed by atoms with Crippen LogP contribution in [0.15, 0.2) is 53.4 Å². The van der Waals surface area contributed by atoms with Gasteiger partial charge >= 0.3 is 0 Å². The molecule has 7 heteroatoms. The van der Waals surface area contributed by atoms with E-state index in [4.69, 9.17) is 0 Å². The van der Waals surface area contributed by atoms with E-state index in [9.17, 15) is 13.2 Å². The average molecular weight is 421 g/mol. The summed E-state index contributed by atoms with van der Waals surface area (Å²) in [6.07, 6.45) is 0. The van der Waals surface area contributed by atoms with Crippen molar-refractivity contribution in [2.75, 3.05) is 23.7 Å². The van der Waals surface area contributed by atoms with Crippen LogP contribution in [-0.4, -0.2) is 38.4 Å². The molecule has 0 atom stereocenters. The molecule has 0 aliphatic heterocycles. The van der Waals surface area contributed by atoms with E-state index in [1.54, 1.807) is 67.2 Å². The van der Waals surface area contributed by atoms with Crippen molar-refractivity contribution in [2.24, 2.45) is 0 Å². The lowest BCUT2D eigenvalue weighted by Crippen LogP contribution is -2.28. The van der Waals surface area contributed by atoms with Crippen LogP contribution in [0.2, 0.25) is 0 Å². The molecule has 0 aromatic heterocycles. The number of hydrogen-bond donors (Lipinski definition) is 1. The number of hydrogen-bond acceptors (Lipinski definition) is 4. The number of amides is 1. The standard InChI is InChI=1S/C21H28N2O3S2/c1-16-15-17(20(24)22-13-14-27-21(2,3)4)11-12-19(16)23(5)28(25,26)18-9-7-6-8-10-18/h6-12,15H,13-14H2,1-5H3,(H,22,24). The van der Waals surface area contributed by atoms with E-state index in [0.717, 1.165) is 11.3 Å². The maximum Gasteiger partial charge on any atom is 0.264 e. The van der Waals surface area contributed by atoms with Crippen LogP contribution in [0, 0.1) is 6.92 Å². The van der Waals surface area contributed by atoms with Gasteiger partial charge in [-0.15, -0.1) is 0 Å². The molecule has 0 spiro atoms. The number of rotatable bonds is 7. The molecule has 28 heavy (non-hydrogen) atoms. The van der Waals surface area contributed by atoms with Crippen LogP contribution in [0.4, 0.5) is 5.69 Å². The van der Waals surface area contributed by atoms with Crippen molar-refractivity contribution in [2.45, 2.75) is 37.3 Å². The second-order valence-electron chi connectivity index (χ2n) is 7.50. The molecule has 0 unspecified atom stereocenters. The normalized spacial score (nSPS) is 11.9. The molecule has 1 N–H and O–H groups in total. The number of sulfonamides is 1. The lowest BCUT2D eigenvalue weighted by molar-refractivity contribution is 0.0956. The van der Waals surface area contributed by atoms with Crippen LogP contribution in [0.3, 0.4) is 0 Å². The van der Waals surface area contributed by atoms with Gasteiger partial charge in [0.2, 0.25) is 0 Å². The van der Waals surface area contributed by atoms with Crippen LogP contribution in [0.5, 0.6) is 0 Å². The van der Waals surface area contributed by atoms with E-state index in [1.165, 1.54) is 11.4 Å². The third-order valence-electron chi connectivity index (χ3n) is 4.12. The molecule has 2 aromatic carbocycles. The summed E-state index contributed by atoms with van der Waals surface area (Å²) in [6.45, 7) is 8.81. The summed E-state index contributed by atoms with van der Waals surface area (Å²) in [7, 11) is -2.13. The Morgan fingerprint density at radius 3 is 2.32 bits per heavy atom.